The van der Waals surface area contributed by atoms with Crippen LogP contribution in [0.4, 0.5) is 0 Å². The molecule has 0 aromatic heterocycles. The second-order valence-electron chi connectivity index (χ2n) is 3.56. The van der Waals surface area contributed by atoms with Crippen LogP contribution in [0.2, 0.25) is 0 Å². The van der Waals surface area contributed by atoms with E-state index in [0.29, 0.717) is 11.1 Å². The fourth-order valence-electron chi connectivity index (χ4n) is 1.57. The minimum absolute atomic E-state index is 0. The summed E-state index contributed by atoms with van der Waals surface area (Å²) in [7, 11) is -4.11. The molecule has 0 bridgehead atoms. The zero-order chi connectivity index (χ0) is 11.1. The molecular formula is C10H14O3SZn. The van der Waals surface area contributed by atoms with Crippen molar-refractivity contribution in [3.05, 3.63) is 28.3 Å². The Balaban J connectivity index is 0.00000196. The maximum atomic E-state index is 11.1. The minimum atomic E-state index is -4.11. The first-order chi connectivity index (χ1) is 6.25. The SMILES string of the molecule is Cc1cc(C)c(C)c(S(=O)(=O)O)c1C.[Zn]. The summed E-state index contributed by atoms with van der Waals surface area (Å²) >= 11 is 0. The van der Waals surface area contributed by atoms with E-state index >= 15 is 0 Å². The van der Waals surface area contributed by atoms with Crippen molar-refractivity contribution >= 4 is 10.1 Å². The predicted molar refractivity (Wildman–Crippen MR) is 55.2 cm³/mol. The van der Waals surface area contributed by atoms with E-state index in [2.05, 4.69) is 0 Å². The van der Waals surface area contributed by atoms with Gasteiger partial charge in [0.2, 0.25) is 0 Å². The van der Waals surface area contributed by atoms with Gasteiger partial charge in [0, 0.05) is 19.5 Å². The van der Waals surface area contributed by atoms with Crippen molar-refractivity contribution < 1.29 is 32.4 Å². The molecule has 1 aromatic carbocycles. The third-order valence-corrected chi connectivity index (χ3v) is 3.68. The Bertz CT molecular complexity index is 452. The molecule has 0 amide bonds. The first kappa shape index (κ1) is 14.8. The molecule has 3 nitrogen and oxygen atoms in total. The fourth-order valence-corrected chi connectivity index (χ4v) is 2.66. The molecule has 0 heterocycles. The van der Waals surface area contributed by atoms with Crippen molar-refractivity contribution in [1.82, 2.24) is 0 Å². The van der Waals surface area contributed by atoms with Crippen LogP contribution in [0, 0.1) is 27.7 Å². The van der Waals surface area contributed by atoms with Crippen molar-refractivity contribution in [1.29, 1.82) is 0 Å². The second-order valence-corrected chi connectivity index (χ2v) is 4.92. The van der Waals surface area contributed by atoms with Gasteiger partial charge in [-0.2, -0.15) is 8.42 Å². The molecule has 0 aliphatic heterocycles. The van der Waals surface area contributed by atoms with Gasteiger partial charge in [0.15, 0.2) is 0 Å². The molecule has 1 rings (SSSR count). The summed E-state index contributed by atoms with van der Waals surface area (Å²) in [5.74, 6) is 0. The predicted octanol–water partition coefficient (Wildman–Crippen LogP) is 2.16. The Kier molecular flexibility index (Phi) is 4.65. The molecule has 15 heavy (non-hydrogen) atoms. The van der Waals surface area contributed by atoms with E-state index in [9.17, 15) is 8.42 Å². The number of rotatable bonds is 1. The van der Waals surface area contributed by atoms with E-state index in [1.54, 1.807) is 13.8 Å². The van der Waals surface area contributed by atoms with Gasteiger partial charge in [-0.1, -0.05) is 6.07 Å². The first-order valence-corrected chi connectivity index (χ1v) is 5.74. The van der Waals surface area contributed by atoms with Crippen LogP contribution < -0.4 is 0 Å². The van der Waals surface area contributed by atoms with E-state index in [0.717, 1.165) is 11.1 Å². The Hall–Kier alpha value is -0.247. The third kappa shape index (κ3) is 2.86. The van der Waals surface area contributed by atoms with Crippen LogP contribution in [0.3, 0.4) is 0 Å². The average Bonchev–Trinajstić information content (AvgIpc) is 1.98. The maximum absolute atomic E-state index is 11.1. The van der Waals surface area contributed by atoms with Crippen LogP contribution in [-0.2, 0) is 29.6 Å². The zero-order valence-corrected chi connectivity index (χ0v) is 13.2. The Morgan fingerprint density at radius 3 is 1.60 bits per heavy atom. The van der Waals surface area contributed by atoms with Crippen molar-refractivity contribution in [2.45, 2.75) is 32.6 Å². The zero-order valence-electron chi connectivity index (χ0n) is 9.46. The maximum Gasteiger partial charge on any atom is 0.295 e. The van der Waals surface area contributed by atoms with E-state index in [4.69, 9.17) is 4.55 Å². The van der Waals surface area contributed by atoms with Gasteiger partial charge in [0.05, 0.1) is 0 Å². The number of hydrogen-bond donors (Lipinski definition) is 1. The number of aryl methyl sites for hydroxylation is 2. The summed E-state index contributed by atoms with van der Waals surface area (Å²) in [6.45, 7) is 7.06. The monoisotopic (exact) mass is 278 g/mol. The van der Waals surface area contributed by atoms with Crippen LogP contribution in [0.5, 0.6) is 0 Å². The van der Waals surface area contributed by atoms with Crippen LogP contribution in [-0.4, -0.2) is 13.0 Å². The second kappa shape index (κ2) is 4.73. The summed E-state index contributed by atoms with van der Waals surface area (Å²) in [5, 5.41) is 0. The molecule has 1 aromatic rings. The summed E-state index contributed by atoms with van der Waals surface area (Å²) in [6.07, 6.45) is 0. The van der Waals surface area contributed by atoms with E-state index in [1.165, 1.54) is 0 Å². The Morgan fingerprint density at radius 2 is 1.33 bits per heavy atom. The quantitative estimate of drug-likeness (QED) is 0.633. The molecule has 0 saturated heterocycles. The molecule has 0 radical (unpaired) electrons. The van der Waals surface area contributed by atoms with Crippen molar-refractivity contribution in [3.63, 3.8) is 0 Å². The standard InChI is InChI=1S/C10H14O3S.Zn/c1-6-5-7(2)9(4)10(8(6)3)14(11,12)13;/h5H,1-4H3,(H,11,12,13);. The van der Waals surface area contributed by atoms with Gasteiger partial charge in [-0.05, 0) is 49.9 Å². The van der Waals surface area contributed by atoms with Gasteiger partial charge in [-0.25, -0.2) is 0 Å². The van der Waals surface area contributed by atoms with Crippen molar-refractivity contribution in [2.24, 2.45) is 0 Å². The summed E-state index contributed by atoms with van der Waals surface area (Å²) < 4.78 is 31.3. The molecule has 0 atom stereocenters. The molecule has 0 fully saturated rings. The van der Waals surface area contributed by atoms with Gasteiger partial charge >= 0.3 is 0 Å². The van der Waals surface area contributed by atoms with Crippen molar-refractivity contribution in [3.8, 4) is 0 Å². The third-order valence-electron chi connectivity index (χ3n) is 2.56. The molecular weight excluding hydrogens is 266 g/mol. The molecule has 5 heteroatoms. The summed E-state index contributed by atoms with van der Waals surface area (Å²) in [6, 6.07) is 1.92. The molecule has 0 aliphatic carbocycles. The molecule has 80 valence electrons. The molecule has 1 N–H and O–H groups in total. The van der Waals surface area contributed by atoms with Gasteiger partial charge in [-0.15, -0.1) is 0 Å². The van der Waals surface area contributed by atoms with Crippen LogP contribution in [0.25, 0.3) is 0 Å². The first-order valence-electron chi connectivity index (χ1n) is 4.30. The molecule has 0 spiro atoms. The number of benzene rings is 1. The fraction of sp³-hybridized carbons (Fsp3) is 0.400. The smallest absolute Gasteiger partial charge is 0.282 e. The summed E-state index contributed by atoms with van der Waals surface area (Å²) in [5.41, 5.74) is 2.99. The number of hydrogen-bond acceptors (Lipinski definition) is 2. The molecule has 0 saturated carbocycles. The van der Waals surface area contributed by atoms with Gasteiger partial charge in [-0.3, -0.25) is 4.55 Å². The van der Waals surface area contributed by atoms with Crippen LogP contribution in [0.15, 0.2) is 11.0 Å². The molecule has 0 aliphatic rings. The van der Waals surface area contributed by atoms with E-state index < -0.39 is 10.1 Å². The van der Waals surface area contributed by atoms with Crippen LogP contribution >= 0.6 is 0 Å². The largest absolute Gasteiger partial charge is 0.295 e. The minimum Gasteiger partial charge on any atom is -0.282 e. The molecule has 0 unspecified atom stereocenters. The van der Waals surface area contributed by atoms with E-state index in [1.807, 2.05) is 19.9 Å². The van der Waals surface area contributed by atoms with Gasteiger partial charge in [0.25, 0.3) is 10.1 Å². The summed E-state index contributed by atoms with van der Waals surface area (Å²) in [4.78, 5) is 0.0509. The Morgan fingerprint density at radius 1 is 1.00 bits per heavy atom. The van der Waals surface area contributed by atoms with Crippen molar-refractivity contribution in [2.75, 3.05) is 0 Å². The van der Waals surface area contributed by atoms with Gasteiger partial charge < -0.3 is 0 Å². The average molecular weight is 280 g/mol. The Labute approximate surface area is 103 Å². The van der Waals surface area contributed by atoms with Crippen LogP contribution in [0.1, 0.15) is 22.3 Å². The van der Waals surface area contributed by atoms with Gasteiger partial charge in [0.1, 0.15) is 4.90 Å². The van der Waals surface area contributed by atoms with E-state index in [-0.39, 0.29) is 24.4 Å². The topological polar surface area (TPSA) is 54.4 Å². The normalized spacial score (nSPS) is 11.0.